The van der Waals surface area contributed by atoms with E-state index >= 15 is 0 Å². The van der Waals surface area contributed by atoms with Crippen molar-refractivity contribution in [2.45, 2.75) is 13.5 Å². The first-order chi connectivity index (χ1) is 12.3. The Labute approximate surface area is 145 Å². The molecule has 2 aromatic heterocycles. The van der Waals surface area contributed by atoms with E-state index in [-0.39, 0.29) is 0 Å². The van der Waals surface area contributed by atoms with Crippen LogP contribution in [-0.4, -0.2) is 20.7 Å². The molecule has 0 atom stereocenters. The third-order valence-corrected chi connectivity index (χ3v) is 4.28. The predicted octanol–water partition coefficient (Wildman–Crippen LogP) is 3.91. The molecule has 0 amide bonds. The van der Waals surface area contributed by atoms with E-state index in [4.69, 9.17) is 6.42 Å². The number of anilines is 1. The second kappa shape index (κ2) is 6.17. The summed E-state index contributed by atoms with van der Waals surface area (Å²) >= 11 is 0. The number of terminal acetylenes is 1. The molecule has 0 fully saturated rings. The maximum Gasteiger partial charge on any atom is 0.222 e. The second-order valence-corrected chi connectivity index (χ2v) is 5.78. The Morgan fingerprint density at radius 1 is 1.24 bits per heavy atom. The monoisotopic (exact) mass is 327 g/mol. The van der Waals surface area contributed by atoms with E-state index in [1.165, 1.54) is 0 Å². The molecule has 0 spiro atoms. The summed E-state index contributed by atoms with van der Waals surface area (Å²) in [5.74, 6) is 3.33. The normalized spacial score (nSPS) is 11.4. The molecule has 0 saturated heterocycles. The van der Waals surface area contributed by atoms with Gasteiger partial charge in [-0.1, -0.05) is 36.3 Å². The fourth-order valence-electron chi connectivity index (χ4n) is 3.08. The summed E-state index contributed by atoms with van der Waals surface area (Å²) in [6, 6.07) is 16.1. The van der Waals surface area contributed by atoms with Gasteiger partial charge in [0.2, 0.25) is 5.95 Å². The molecule has 2 heterocycles. The third kappa shape index (κ3) is 2.64. The zero-order chi connectivity index (χ0) is 17.2. The fourth-order valence-corrected chi connectivity index (χ4v) is 3.08. The van der Waals surface area contributed by atoms with Crippen LogP contribution in [0.1, 0.15) is 11.3 Å². The number of aromatic nitrogens is 3. The van der Waals surface area contributed by atoms with E-state index in [0.29, 0.717) is 12.5 Å². The number of para-hydroxylation sites is 3. The van der Waals surface area contributed by atoms with Gasteiger partial charge < -0.3 is 9.55 Å². The van der Waals surface area contributed by atoms with Crippen molar-refractivity contribution < 1.29 is 0 Å². The summed E-state index contributed by atoms with van der Waals surface area (Å²) in [5, 5.41) is 5.49. The van der Waals surface area contributed by atoms with E-state index in [1.54, 1.807) is 0 Å². The lowest BCUT2D eigenvalue weighted by Crippen LogP contribution is -1.99. The van der Waals surface area contributed by atoms with Crippen molar-refractivity contribution in [2.24, 2.45) is 5.10 Å². The Balaban J connectivity index is 1.67. The molecule has 0 aliphatic rings. The maximum atomic E-state index is 5.51. The van der Waals surface area contributed by atoms with Crippen LogP contribution in [0.3, 0.4) is 0 Å². The van der Waals surface area contributed by atoms with Crippen LogP contribution in [0.15, 0.2) is 53.6 Å². The Morgan fingerprint density at radius 3 is 2.88 bits per heavy atom. The first-order valence-corrected chi connectivity index (χ1v) is 8.03. The topological polar surface area (TPSA) is 58.0 Å². The second-order valence-electron chi connectivity index (χ2n) is 5.78. The quantitative estimate of drug-likeness (QED) is 0.339. The summed E-state index contributed by atoms with van der Waals surface area (Å²) < 4.78 is 2.12. The van der Waals surface area contributed by atoms with Gasteiger partial charge in [-0.05, 0) is 25.1 Å². The number of hydrazone groups is 1. The summed E-state index contributed by atoms with van der Waals surface area (Å²) in [6.07, 6.45) is 7.33. The molecule has 4 aromatic rings. The number of nitrogens with zero attached hydrogens (tertiary/aromatic N) is 3. The zero-order valence-electron chi connectivity index (χ0n) is 13.8. The van der Waals surface area contributed by atoms with E-state index in [2.05, 4.69) is 50.0 Å². The van der Waals surface area contributed by atoms with Crippen LogP contribution in [0.25, 0.3) is 21.9 Å². The lowest BCUT2D eigenvalue weighted by Gasteiger charge is -2.02. The van der Waals surface area contributed by atoms with Crippen LogP contribution in [0.2, 0.25) is 0 Å². The van der Waals surface area contributed by atoms with Gasteiger partial charge in [-0.3, -0.25) is 0 Å². The minimum atomic E-state index is 0.539. The highest BCUT2D eigenvalue weighted by Gasteiger charge is 2.11. The average Bonchev–Trinajstić information content (AvgIpc) is 3.16. The van der Waals surface area contributed by atoms with Crippen molar-refractivity contribution in [2.75, 3.05) is 5.43 Å². The number of hydrogen-bond acceptors (Lipinski definition) is 3. The number of rotatable bonds is 4. The first-order valence-electron chi connectivity index (χ1n) is 8.03. The SMILES string of the molecule is C#CCn1c(C)c(/C=N\Nc2nc3ccccc3[nH]2)c2ccccc21. The highest BCUT2D eigenvalue weighted by molar-refractivity contribution is 6.01. The first kappa shape index (κ1) is 15.0. The van der Waals surface area contributed by atoms with Crippen LogP contribution in [0.4, 0.5) is 5.95 Å². The van der Waals surface area contributed by atoms with Crippen molar-refractivity contribution in [1.82, 2.24) is 14.5 Å². The molecule has 5 nitrogen and oxygen atoms in total. The molecule has 0 aliphatic heterocycles. The van der Waals surface area contributed by atoms with Crippen LogP contribution in [0, 0.1) is 19.3 Å². The van der Waals surface area contributed by atoms with Gasteiger partial charge in [-0.25, -0.2) is 10.4 Å². The molecule has 5 heteroatoms. The molecular formula is C20H17N5. The molecule has 2 aromatic carbocycles. The third-order valence-electron chi connectivity index (χ3n) is 4.28. The number of H-pyrrole nitrogens is 1. The van der Waals surface area contributed by atoms with E-state index < -0.39 is 0 Å². The number of aromatic amines is 1. The molecule has 0 saturated carbocycles. The van der Waals surface area contributed by atoms with Gasteiger partial charge in [0.05, 0.1) is 23.8 Å². The highest BCUT2D eigenvalue weighted by Crippen LogP contribution is 2.24. The number of benzene rings is 2. The van der Waals surface area contributed by atoms with Crippen LogP contribution < -0.4 is 5.43 Å². The lowest BCUT2D eigenvalue weighted by molar-refractivity contribution is 0.846. The van der Waals surface area contributed by atoms with Gasteiger partial charge >= 0.3 is 0 Å². The number of hydrogen-bond donors (Lipinski definition) is 2. The van der Waals surface area contributed by atoms with Gasteiger partial charge in [0.1, 0.15) is 0 Å². The van der Waals surface area contributed by atoms with Crippen molar-refractivity contribution >= 4 is 34.1 Å². The summed E-state index contributed by atoms with van der Waals surface area (Å²) in [5.41, 5.74) is 8.10. The number of fused-ring (bicyclic) bond motifs is 2. The van der Waals surface area contributed by atoms with E-state index in [1.807, 2.05) is 42.6 Å². The molecule has 4 rings (SSSR count). The molecule has 0 bridgehead atoms. The lowest BCUT2D eigenvalue weighted by atomic mass is 10.1. The number of nitrogens with one attached hydrogen (secondary N) is 2. The highest BCUT2D eigenvalue weighted by atomic mass is 15.3. The largest absolute Gasteiger partial charge is 0.333 e. The summed E-state index contributed by atoms with van der Waals surface area (Å²) in [6.45, 7) is 2.59. The molecular weight excluding hydrogens is 310 g/mol. The summed E-state index contributed by atoms with van der Waals surface area (Å²) in [4.78, 5) is 7.64. The molecule has 122 valence electrons. The summed E-state index contributed by atoms with van der Waals surface area (Å²) in [7, 11) is 0. The van der Waals surface area contributed by atoms with Crippen molar-refractivity contribution in [3.63, 3.8) is 0 Å². The minimum Gasteiger partial charge on any atom is -0.333 e. The van der Waals surface area contributed by atoms with Crippen LogP contribution in [-0.2, 0) is 6.54 Å². The Morgan fingerprint density at radius 2 is 2.04 bits per heavy atom. The van der Waals surface area contributed by atoms with Gasteiger partial charge in [0.15, 0.2) is 0 Å². The van der Waals surface area contributed by atoms with Crippen molar-refractivity contribution in [3.8, 4) is 12.3 Å². The molecule has 0 unspecified atom stereocenters. The molecule has 0 aliphatic carbocycles. The number of imidazole rings is 1. The standard InChI is InChI=1S/C20H17N5/c1-3-12-25-14(2)16(15-8-4-7-11-19(15)25)13-21-24-20-22-17-9-5-6-10-18(17)23-20/h1,4-11,13H,12H2,2H3,(H2,22,23,24)/b21-13-. The molecule has 2 N–H and O–H groups in total. The molecule has 0 radical (unpaired) electrons. The van der Waals surface area contributed by atoms with Gasteiger partial charge in [-0.15, -0.1) is 6.42 Å². The Hall–Kier alpha value is -3.52. The average molecular weight is 327 g/mol. The minimum absolute atomic E-state index is 0.539. The molecule has 25 heavy (non-hydrogen) atoms. The van der Waals surface area contributed by atoms with E-state index in [0.717, 1.165) is 33.2 Å². The maximum absolute atomic E-state index is 5.51. The van der Waals surface area contributed by atoms with Gasteiger partial charge in [0, 0.05) is 22.2 Å². The van der Waals surface area contributed by atoms with Crippen LogP contribution >= 0.6 is 0 Å². The van der Waals surface area contributed by atoms with Gasteiger partial charge in [0.25, 0.3) is 0 Å². The van der Waals surface area contributed by atoms with Gasteiger partial charge in [-0.2, -0.15) is 5.10 Å². The smallest absolute Gasteiger partial charge is 0.222 e. The van der Waals surface area contributed by atoms with Crippen molar-refractivity contribution in [3.05, 3.63) is 59.8 Å². The van der Waals surface area contributed by atoms with E-state index in [9.17, 15) is 0 Å². The van der Waals surface area contributed by atoms with Crippen LogP contribution in [0.5, 0.6) is 0 Å². The van der Waals surface area contributed by atoms with Crippen molar-refractivity contribution in [1.29, 1.82) is 0 Å². The fraction of sp³-hybridized carbons (Fsp3) is 0.100. The Bertz CT molecular complexity index is 1090. The predicted molar refractivity (Wildman–Crippen MR) is 103 cm³/mol. The zero-order valence-corrected chi connectivity index (χ0v) is 13.8. The Kier molecular flexibility index (Phi) is 3.71.